The molecule has 1 aromatic carbocycles. The van der Waals surface area contributed by atoms with Gasteiger partial charge in [0.2, 0.25) is 11.9 Å². The maximum atomic E-state index is 11.9. The van der Waals surface area contributed by atoms with Crippen molar-refractivity contribution in [3.8, 4) is 22.8 Å². The molecule has 0 bridgehead atoms. The summed E-state index contributed by atoms with van der Waals surface area (Å²) in [4.78, 5) is 26.2. The van der Waals surface area contributed by atoms with Gasteiger partial charge in [0.1, 0.15) is 17.0 Å². The third kappa shape index (κ3) is 6.68. The molecule has 1 amide bonds. The highest BCUT2D eigenvalue weighted by Crippen LogP contribution is 2.46. The van der Waals surface area contributed by atoms with Gasteiger partial charge in [-0.1, -0.05) is 50.6 Å². The van der Waals surface area contributed by atoms with Crippen molar-refractivity contribution in [3.63, 3.8) is 0 Å². The third-order valence-corrected chi connectivity index (χ3v) is 7.12. The Morgan fingerprint density at radius 2 is 1.85 bits per heavy atom. The van der Waals surface area contributed by atoms with Crippen molar-refractivity contribution < 1.29 is 19.0 Å². The monoisotopic (exact) mass is 588 g/mol. The van der Waals surface area contributed by atoms with Gasteiger partial charge in [0.05, 0.1) is 48.6 Å². The molecule has 0 unspecified atom stereocenters. The van der Waals surface area contributed by atoms with Crippen molar-refractivity contribution in [2.45, 2.75) is 39.3 Å². The van der Waals surface area contributed by atoms with Crippen LogP contribution in [0.1, 0.15) is 27.2 Å². The molecule has 3 aromatic rings. The highest BCUT2D eigenvalue weighted by molar-refractivity contribution is 6.41. The molecular weight excluding hydrogens is 555 g/mol. The molecule has 214 valence electrons. The summed E-state index contributed by atoms with van der Waals surface area (Å²) in [6.45, 7) is 11.5. The predicted molar refractivity (Wildman–Crippen MR) is 159 cm³/mol. The predicted octanol–water partition coefficient (Wildman–Crippen LogP) is 5.35. The molecule has 0 radical (unpaired) electrons. The van der Waals surface area contributed by atoms with Gasteiger partial charge in [0.15, 0.2) is 5.82 Å². The Labute approximate surface area is 243 Å². The molecule has 3 heterocycles. The molecule has 4 rings (SSSR count). The lowest BCUT2D eigenvalue weighted by molar-refractivity contribution is -0.117. The number of benzene rings is 1. The van der Waals surface area contributed by atoms with Gasteiger partial charge in [0, 0.05) is 36.4 Å². The first-order valence-corrected chi connectivity index (χ1v) is 13.6. The second kappa shape index (κ2) is 12.4. The zero-order valence-corrected chi connectivity index (χ0v) is 24.7. The Morgan fingerprint density at radius 3 is 2.48 bits per heavy atom. The van der Waals surface area contributed by atoms with Gasteiger partial charge in [-0.15, -0.1) is 0 Å². The van der Waals surface area contributed by atoms with E-state index in [1.54, 1.807) is 12.3 Å². The number of pyridine rings is 1. The number of halogens is 2. The number of methoxy groups -OCH3 is 2. The van der Waals surface area contributed by atoms with E-state index in [1.165, 1.54) is 20.3 Å². The van der Waals surface area contributed by atoms with Crippen LogP contribution in [0.2, 0.25) is 10.0 Å². The Morgan fingerprint density at radius 1 is 1.15 bits per heavy atom. The number of anilines is 2. The fourth-order valence-corrected chi connectivity index (χ4v) is 4.97. The number of ether oxygens (including phenoxy) is 3. The Kier molecular flexibility index (Phi) is 9.22. The van der Waals surface area contributed by atoms with Crippen LogP contribution >= 0.6 is 23.2 Å². The van der Waals surface area contributed by atoms with E-state index in [-0.39, 0.29) is 23.4 Å². The molecule has 0 aliphatic carbocycles. The maximum absolute atomic E-state index is 11.9. The number of carbonyl (C=O) groups excluding carboxylic acids is 1. The molecule has 3 N–H and O–H groups in total. The topological polar surface area (TPSA) is 120 Å². The molecule has 12 heteroatoms. The zero-order valence-electron chi connectivity index (χ0n) is 23.2. The van der Waals surface area contributed by atoms with Crippen molar-refractivity contribution in [1.82, 2.24) is 20.3 Å². The van der Waals surface area contributed by atoms with E-state index in [4.69, 9.17) is 47.4 Å². The van der Waals surface area contributed by atoms with E-state index in [0.29, 0.717) is 76.3 Å². The van der Waals surface area contributed by atoms with Crippen LogP contribution in [0.4, 0.5) is 11.8 Å². The standard InChI is InChI=1S/C28H34Cl2N6O4/c1-7-21(37)33-16-8-9-40-13-18(16)35-27-31-12-15-10-17(34-26(25(15)36-27)32-14-28(2,3)4)22-23(29)19(38-5)11-20(39-6)24(22)30/h7,10-12,16,18H,1,8-9,13-14H2,2-6H3,(H,32,34)(H,33,37)(H,31,35,36)/t16-,18+/m0/s1. The summed E-state index contributed by atoms with van der Waals surface area (Å²) < 4.78 is 16.6. The summed E-state index contributed by atoms with van der Waals surface area (Å²) in [5, 5.41) is 11.1. The number of nitrogens with zero attached hydrogens (tertiary/aromatic N) is 3. The van der Waals surface area contributed by atoms with Crippen LogP contribution in [-0.4, -0.2) is 66.9 Å². The smallest absolute Gasteiger partial charge is 0.243 e. The molecule has 1 saturated heterocycles. The van der Waals surface area contributed by atoms with Gasteiger partial charge in [-0.2, -0.15) is 0 Å². The molecule has 2 atom stereocenters. The number of amides is 1. The van der Waals surface area contributed by atoms with Gasteiger partial charge < -0.3 is 30.2 Å². The van der Waals surface area contributed by atoms with Crippen LogP contribution < -0.4 is 25.4 Å². The lowest BCUT2D eigenvalue weighted by Gasteiger charge is -2.32. The van der Waals surface area contributed by atoms with Crippen LogP contribution in [0.3, 0.4) is 0 Å². The van der Waals surface area contributed by atoms with Gasteiger partial charge in [-0.25, -0.2) is 15.0 Å². The minimum Gasteiger partial charge on any atom is -0.495 e. The quantitative estimate of drug-likeness (QED) is 0.284. The first-order valence-electron chi connectivity index (χ1n) is 12.8. The number of rotatable bonds is 9. The summed E-state index contributed by atoms with van der Waals surface area (Å²) >= 11 is 13.4. The van der Waals surface area contributed by atoms with E-state index < -0.39 is 0 Å². The molecule has 1 fully saturated rings. The van der Waals surface area contributed by atoms with Crippen molar-refractivity contribution >= 4 is 51.8 Å². The Balaban J connectivity index is 1.79. The van der Waals surface area contributed by atoms with Crippen LogP contribution in [0, 0.1) is 5.41 Å². The number of nitrogens with one attached hydrogen (secondary N) is 3. The Hall–Kier alpha value is -3.34. The molecule has 0 saturated carbocycles. The second-order valence-electron chi connectivity index (χ2n) is 10.6. The average molecular weight is 590 g/mol. The molecule has 0 spiro atoms. The minimum atomic E-state index is -0.241. The average Bonchev–Trinajstić information content (AvgIpc) is 2.92. The summed E-state index contributed by atoms with van der Waals surface area (Å²) in [7, 11) is 3.05. The first kappa shape index (κ1) is 29.6. The van der Waals surface area contributed by atoms with Gasteiger partial charge in [-0.3, -0.25) is 4.79 Å². The SMILES string of the molecule is C=CC(=O)N[C@H]1CCOC[C@H]1Nc1ncc2cc(-c3c(Cl)c(OC)cc(OC)c3Cl)nc(NCC(C)(C)C)c2n1. The molecule has 1 aliphatic rings. The fraction of sp³-hybridized carbons (Fsp3) is 0.429. The molecule has 2 aromatic heterocycles. The van der Waals surface area contributed by atoms with Crippen molar-refractivity contribution in [3.05, 3.63) is 41.0 Å². The number of carbonyl (C=O) groups is 1. The van der Waals surface area contributed by atoms with E-state index in [0.717, 1.165) is 5.39 Å². The van der Waals surface area contributed by atoms with Gasteiger partial charge in [-0.05, 0) is 24.0 Å². The van der Waals surface area contributed by atoms with Crippen LogP contribution in [0.5, 0.6) is 11.5 Å². The highest BCUT2D eigenvalue weighted by Gasteiger charge is 2.28. The molecule has 10 nitrogen and oxygen atoms in total. The first-order chi connectivity index (χ1) is 19.0. The van der Waals surface area contributed by atoms with Crippen LogP contribution in [-0.2, 0) is 9.53 Å². The third-order valence-electron chi connectivity index (χ3n) is 6.37. The molecular formula is C28H34Cl2N6O4. The van der Waals surface area contributed by atoms with E-state index in [9.17, 15) is 4.79 Å². The normalized spacial score (nSPS) is 17.3. The lowest BCUT2D eigenvalue weighted by Crippen LogP contribution is -2.52. The number of aromatic nitrogens is 3. The van der Waals surface area contributed by atoms with Crippen LogP contribution in [0.25, 0.3) is 22.2 Å². The summed E-state index contributed by atoms with van der Waals surface area (Å²) in [5.41, 5.74) is 1.55. The molecule has 40 heavy (non-hydrogen) atoms. The van der Waals surface area contributed by atoms with Crippen molar-refractivity contribution in [2.24, 2.45) is 5.41 Å². The Bertz CT molecular complexity index is 1380. The minimum absolute atomic E-state index is 0.0391. The van der Waals surface area contributed by atoms with Crippen molar-refractivity contribution in [1.29, 1.82) is 0 Å². The van der Waals surface area contributed by atoms with E-state index in [1.807, 2.05) is 6.07 Å². The highest BCUT2D eigenvalue weighted by atomic mass is 35.5. The zero-order chi connectivity index (χ0) is 29.0. The number of hydrogen-bond donors (Lipinski definition) is 3. The van der Waals surface area contributed by atoms with Crippen LogP contribution in [0.15, 0.2) is 31.0 Å². The number of fused-ring (bicyclic) bond motifs is 1. The largest absolute Gasteiger partial charge is 0.495 e. The van der Waals surface area contributed by atoms with Gasteiger partial charge >= 0.3 is 0 Å². The maximum Gasteiger partial charge on any atom is 0.243 e. The lowest BCUT2D eigenvalue weighted by atomic mass is 9.97. The van der Waals surface area contributed by atoms with E-state index >= 15 is 0 Å². The summed E-state index contributed by atoms with van der Waals surface area (Å²) in [5.74, 6) is 1.50. The fourth-order valence-electron chi connectivity index (χ4n) is 4.28. The van der Waals surface area contributed by atoms with Crippen molar-refractivity contribution in [2.75, 3.05) is 44.6 Å². The number of hydrogen-bond acceptors (Lipinski definition) is 9. The second-order valence-corrected chi connectivity index (χ2v) is 11.4. The van der Waals surface area contributed by atoms with Gasteiger partial charge in [0.25, 0.3) is 0 Å². The molecule has 1 aliphatic heterocycles. The summed E-state index contributed by atoms with van der Waals surface area (Å²) in [6.07, 6.45) is 3.61. The van der Waals surface area contributed by atoms with E-state index in [2.05, 4.69) is 48.3 Å². The summed E-state index contributed by atoms with van der Waals surface area (Å²) in [6, 6.07) is 3.07.